The number of rotatable bonds is 8. The van der Waals surface area contributed by atoms with Crippen LogP contribution in [0, 0.1) is 5.92 Å². The van der Waals surface area contributed by atoms with E-state index in [0.29, 0.717) is 6.61 Å². The zero-order valence-corrected chi connectivity index (χ0v) is 13.5. The Morgan fingerprint density at radius 3 is 2.86 bits per heavy atom. The number of para-hydroxylation sites is 1. The predicted molar refractivity (Wildman–Crippen MR) is 86.1 cm³/mol. The van der Waals surface area contributed by atoms with Gasteiger partial charge in [-0.1, -0.05) is 19.1 Å². The maximum absolute atomic E-state index is 5.62. The normalized spacial score (nSPS) is 18.9. The summed E-state index contributed by atoms with van der Waals surface area (Å²) in [5, 5.41) is 3.57. The van der Waals surface area contributed by atoms with Gasteiger partial charge in [-0.25, -0.2) is 0 Å². The summed E-state index contributed by atoms with van der Waals surface area (Å²) in [7, 11) is 1.71. The molecule has 2 rings (SSSR count). The molecule has 1 aromatic rings. The third-order valence-corrected chi connectivity index (χ3v) is 4.13. The molecule has 0 aliphatic carbocycles. The number of nitrogens with zero attached hydrogens (tertiary/aromatic N) is 1. The highest BCUT2D eigenvalue weighted by Crippen LogP contribution is 2.31. The van der Waals surface area contributed by atoms with Crippen molar-refractivity contribution in [1.29, 1.82) is 0 Å². The van der Waals surface area contributed by atoms with Crippen LogP contribution in [0.3, 0.4) is 0 Å². The van der Waals surface area contributed by atoms with Gasteiger partial charge in [0, 0.05) is 18.7 Å². The first-order valence-corrected chi connectivity index (χ1v) is 8.00. The first-order chi connectivity index (χ1) is 10.3. The second-order valence-corrected chi connectivity index (χ2v) is 5.56. The smallest absolute Gasteiger partial charge is 0.165 e. The Hall–Kier alpha value is -1.26. The molecule has 4 nitrogen and oxygen atoms in total. The van der Waals surface area contributed by atoms with Crippen LogP contribution in [0.4, 0.5) is 0 Å². The van der Waals surface area contributed by atoms with Crippen molar-refractivity contribution < 1.29 is 9.47 Å². The Bertz CT molecular complexity index is 437. The number of benzene rings is 1. The minimum Gasteiger partial charge on any atom is -0.493 e. The van der Waals surface area contributed by atoms with Crippen molar-refractivity contribution in [2.24, 2.45) is 5.92 Å². The van der Waals surface area contributed by atoms with E-state index in [1.807, 2.05) is 19.1 Å². The van der Waals surface area contributed by atoms with E-state index in [1.165, 1.54) is 26.1 Å². The first-order valence-electron chi connectivity index (χ1n) is 8.00. The molecule has 0 radical (unpaired) electrons. The summed E-state index contributed by atoms with van der Waals surface area (Å²) in [6, 6.07) is 6.09. The fraction of sp³-hybridized carbons (Fsp3) is 0.647. The molecule has 0 amide bonds. The topological polar surface area (TPSA) is 33.7 Å². The second kappa shape index (κ2) is 8.25. The molecular weight excluding hydrogens is 264 g/mol. The van der Waals surface area contributed by atoms with Crippen LogP contribution in [0.5, 0.6) is 11.5 Å². The van der Waals surface area contributed by atoms with Crippen LogP contribution in [-0.2, 0) is 6.54 Å². The maximum Gasteiger partial charge on any atom is 0.165 e. The van der Waals surface area contributed by atoms with Gasteiger partial charge in [0.1, 0.15) is 0 Å². The van der Waals surface area contributed by atoms with Crippen LogP contribution >= 0.6 is 0 Å². The molecule has 0 saturated carbocycles. The summed E-state index contributed by atoms with van der Waals surface area (Å²) in [5.74, 6) is 2.46. The molecule has 1 fully saturated rings. The lowest BCUT2D eigenvalue weighted by molar-refractivity contribution is 0.308. The molecule has 1 atom stereocenters. The summed E-state index contributed by atoms with van der Waals surface area (Å²) in [6.07, 6.45) is 1.30. The van der Waals surface area contributed by atoms with Gasteiger partial charge in [-0.15, -0.1) is 0 Å². The van der Waals surface area contributed by atoms with E-state index in [2.05, 4.69) is 23.2 Å². The lowest BCUT2D eigenvalue weighted by Gasteiger charge is -2.16. The van der Waals surface area contributed by atoms with Gasteiger partial charge in [-0.05, 0) is 45.0 Å². The molecule has 21 heavy (non-hydrogen) atoms. The molecule has 0 bridgehead atoms. The summed E-state index contributed by atoms with van der Waals surface area (Å²) < 4.78 is 11.1. The van der Waals surface area contributed by atoms with Crippen molar-refractivity contribution in [3.05, 3.63) is 23.8 Å². The molecule has 1 aliphatic rings. The molecule has 0 aromatic heterocycles. The standard InChI is InChI=1S/C17H28N2O2/c1-4-19-10-9-14(13-19)11-18-12-15-7-6-8-16(21-5-2)17(15)20-3/h6-8,14,18H,4-5,9-13H2,1-3H3. The first kappa shape index (κ1) is 16.1. The van der Waals surface area contributed by atoms with Crippen LogP contribution in [0.15, 0.2) is 18.2 Å². The highest BCUT2D eigenvalue weighted by molar-refractivity contribution is 5.46. The van der Waals surface area contributed by atoms with E-state index in [4.69, 9.17) is 9.47 Å². The van der Waals surface area contributed by atoms with Crippen LogP contribution in [0.1, 0.15) is 25.8 Å². The molecule has 4 heteroatoms. The summed E-state index contributed by atoms with van der Waals surface area (Å²) in [5.41, 5.74) is 1.16. The minimum absolute atomic E-state index is 0.655. The van der Waals surface area contributed by atoms with Crippen molar-refractivity contribution in [2.75, 3.05) is 39.9 Å². The van der Waals surface area contributed by atoms with Crippen LogP contribution in [-0.4, -0.2) is 44.8 Å². The van der Waals surface area contributed by atoms with Crippen molar-refractivity contribution in [2.45, 2.75) is 26.8 Å². The van der Waals surface area contributed by atoms with Gasteiger partial charge in [-0.3, -0.25) is 0 Å². The van der Waals surface area contributed by atoms with Crippen molar-refractivity contribution in [3.8, 4) is 11.5 Å². The molecule has 0 spiro atoms. The van der Waals surface area contributed by atoms with E-state index in [-0.39, 0.29) is 0 Å². The van der Waals surface area contributed by atoms with E-state index in [1.54, 1.807) is 7.11 Å². The monoisotopic (exact) mass is 292 g/mol. The van der Waals surface area contributed by atoms with Gasteiger partial charge in [0.05, 0.1) is 13.7 Å². The lowest BCUT2D eigenvalue weighted by atomic mass is 10.1. The molecule has 1 aromatic carbocycles. The highest BCUT2D eigenvalue weighted by Gasteiger charge is 2.20. The maximum atomic E-state index is 5.62. The number of likely N-dealkylation sites (tertiary alicyclic amines) is 1. The lowest BCUT2D eigenvalue weighted by Crippen LogP contribution is -2.26. The molecule has 1 N–H and O–H groups in total. The Morgan fingerprint density at radius 1 is 1.33 bits per heavy atom. The number of ether oxygens (including phenoxy) is 2. The van der Waals surface area contributed by atoms with E-state index in [0.717, 1.165) is 36.1 Å². The van der Waals surface area contributed by atoms with Gasteiger partial charge in [0.25, 0.3) is 0 Å². The number of hydrogen-bond donors (Lipinski definition) is 1. The Labute approximate surface area is 128 Å². The summed E-state index contributed by atoms with van der Waals surface area (Å²) >= 11 is 0. The highest BCUT2D eigenvalue weighted by atomic mass is 16.5. The van der Waals surface area contributed by atoms with Crippen molar-refractivity contribution in [1.82, 2.24) is 10.2 Å². The number of nitrogens with one attached hydrogen (secondary N) is 1. The molecule has 1 heterocycles. The zero-order valence-electron chi connectivity index (χ0n) is 13.5. The fourth-order valence-corrected chi connectivity index (χ4v) is 2.98. The predicted octanol–water partition coefficient (Wildman–Crippen LogP) is 2.53. The molecule has 1 unspecified atom stereocenters. The molecular formula is C17H28N2O2. The van der Waals surface area contributed by atoms with Gasteiger partial charge < -0.3 is 19.7 Å². The fourth-order valence-electron chi connectivity index (χ4n) is 2.98. The average molecular weight is 292 g/mol. The van der Waals surface area contributed by atoms with Gasteiger partial charge in [0.15, 0.2) is 11.5 Å². The van der Waals surface area contributed by atoms with Crippen molar-refractivity contribution in [3.63, 3.8) is 0 Å². The summed E-state index contributed by atoms with van der Waals surface area (Å²) in [6.45, 7) is 10.4. The molecule has 118 valence electrons. The van der Waals surface area contributed by atoms with Gasteiger partial charge in [-0.2, -0.15) is 0 Å². The third kappa shape index (κ3) is 4.35. The Balaban J connectivity index is 1.87. The van der Waals surface area contributed by atoms with E-state index >= 15 is 0 Å². The average Bonchev–Trinajstić information content (AvgIpc) is 2.96. The van der Waals surface area contributed by atoms with Gasteiger partial charge in [0.2, 0.25) is 0 Å². The second-order valence-electron chi connectivity index (χ2n) is 5.56. The van der Waals surface area contributed by atoms with E-state index < -0.39 is 0 Å². The van der Waals surface area contributed by atoms with E-state index in [9.17, 15) is 0 Å². The molecule has 1 saturated heterocycles. The zero-order chi connectivity index (χ0) is 15.1. The van der Waals surface area contributed by atoms with Crippen LogP contribution in [0.2, 0.25) is 0 Å². The largest absolute Gasteiger partial charge is 0.493 e. The van der Waals surface area contributed by atoms with Crippen LogP contribution < -0.4 is 14.8 Å². The summed E-state index contributed by atoms with van der Waals surface area (Å²) in [4.78, 5) is 2.52. The molecule has 1 aliphatic heterocycles. The SMILES string of the molecule is CCOc1cccc(CNCC2CCN(CC)C2)c1OC. The quantitative estimate of drug-likeness (QED) is 0.798. The van der Waals surface area contributed by atoms with Crippen LogP contribution in [0.25, 0.3) is 0 Å². The van der Waals surface area contributed by atoms with Crippen molar-refractivity contribution >= 4 is 0 Å². The number of hydrogen-bond acceptors (Lipinski definition) is 4. The third-order valence-electron chi connectivity index (χ3n) is 4.13. The number of methoxy groups -OCH3 is 1. The minimum atomic E-state index is 0.655. The van der Waals surface area contributed by atoms with Gasteiger partial charge >= 0.3 is 0 Å². The Kier molecular flexibility index (Phi) is 6.33. The Morgan fingerprint density at radius 2 is 2.19 bits per heavy atom.